The lowest BCUT2D eigenvalue weighted by atomic mass is 9.96. The number of carbonyl (C=O) groups is 1. The maximum atomic E-state index is 11.9. The first-order valence-corrected chi connectivity index (χ1v) is 7.74. The van der Waals surface area contributed by atoms with Gasteiger partial charge in [-0.3, -0.25) is 10.1 Å². The van der Waals surface area contributed by atoms with Gasteiger partial charge in [0.25, 0.3) is 5.69 Å². The number of nitrogens with one attached hydrogen (secondary N) is 2. The quantitative estimate of drug-likeness (QED) is 0.548. The summed E-state index contributed by atoms with van der Waals surface area (Å²) in [5, 5.41) is 26.5. The Balaban J connectivity index is 1.89. The van der Waals surface area contributed by atoms with Gasteiger partial charge in [0, 0.05) is 24.2 Å². The third-order valence-electron chi connectivity index (χ3n) is 3.79. The number of benzene rings is 1. The second-order valence-corrected chi connectivity index (χ2v) is 6.06. The molecule has 0 aliphatic rings. The lowest BCUT2D eigenvalue weighted by Crippen LogP contribution is -2.43. The molecule has 0 aliphatic carbocycles. The van der Waals surface area contributed by atoms with Crippen LogP contribution in [0.1, 0.15) is 29.6 Å². The Hall–Kier alpha value is -2.87. The van der Waals surface area contributed by atoms with Crippen LogP contribution in [0.4, 0.5) is 10.5 Å². The third kappa shape index (κ3) is 4.80. The number of carbonyl (C=O) groups excluding carboxylic acids is 1. The Morgan fingerprint density at radius 1 is 1.32 bits per heavy atom. The van der Waals surface area contributed by atoms with E-state index in [2.05, 4.69) is 10.6 Å². The number of furan rings is 1. The van der Waals surface area contributed by atoms with E-state index >= 15 is 0 Å². The van der Waals surface area contributed by atoms with E-state index in [1.165, 1.54) is 12.1 Å². The molecule has 2 rings (SSSR count). The molecule has 0 fully saturated rings. The van der Waals surface area contributed by atoms with Crippen LogP contribution in [0.25, 0.3) is 0 Å². The zero-order valence-electron chi connectivity index (χ0n) is 14.3. The van der Waals surface area contributed by atoms with Crippen molar-refractivity contribution >= 4 is 11.7 Å². The lowest BCUT2D eigenvalue weighted by Gasteiger charge is -2.23. The number of nitro benzene ring substituents is 1. The fourth-order valence-electron chi connectivity index (χ4n) is 2.54. The highest BCUT2D eigenvalue weighted by Crippen LogP contribution is 2.26. The molecule has 2 amide bonds. The van der Waals surface area contributed by atoms with Crippen LogP contribution < -0.4 is 10.6 Å². The zero-order chi connectivity index (χ0) is 18.6. The Morgan fingerprint density at radius 2 is 2.04 bits per heavy atom. The van der Waals surface area contributed by atoms with Crippen molar-refractivity contribution in [3.05, 3.63) is 63.1 Å². The summed E-state index contributed by atoms with van der Waals surface area (Å²) in [5.74, 6) is 1.28. The number of aryl methyl sites for hydroxylation is 2. The molecule has 0 unspecified atom stereocenters. The molecule has 1 aromatic heterocycles. The Kier molecular flexibility index (Phi) is 5.43. The first kappa shape index (κ1) is 18.5. The number of aliphatic hydroxyl groups is 1. The van der Waals surface area contributed by atoms with Gasteiger partial charge in [0.05, 0.1) is 11.5 Å². The third-order valence-corrected chi connectivity index (χ3v) is 3.79. The average Bonchev–Trinajstić information content (AvgIpc) is 2.90. The van der Waals surface area contributed by atoms with Gasteiger partial charge in [0.2, 0.25) is 0 Å². The van der Waals surface area contributed by atoms with Crippen LogP contribution in [0.3, 0.4) is 0 Å². The van der Waals surface area contributed by atoms with Gasteiger partial charge in [0.15, 0.2) is 0 Å². The van der Waals surface area contributed by atoms with Gasteiger partial charge >= 0.3 is 6.03 Å². The number of amides is 2. The molecular formula is C17H21N3O5. The first-order valence-electron chi connectivity index (χ1n) is 7.74. The molecule has 134 valence electrons. The molecule has 2 aromatic rings. The van der Waals surface area contributed by atoms with Crippen LogP contribution >= 0.6 is 0 Å². The molecule has 25 heavy (non-hydrogen) atoms. The van der Waals surface area contributed by atoms with Crippen LogP contribution in [0.2, 0.25) is 0 Å². The van der Waals surface area contributed by atoms with Crippen LogP contribution in [0.5, 0.6) is 0 Å². The highest BCUT2D eigenvalue weighted by Gasteiger charge is 2.28. The van der Waals surface area contributed by atoms with Gasteiger partial charge in [0.1, 0.15) is 17.1 Å². The smallest absolute Gasteiger partial charge is 0.315 e. The second-order valence-electron chi connectivity index (χ2n) is 6.06. The predicted octanol–water partition coefficient (Wildman–Crippen LogP) is 2.51. The molecular weight excluding hydrogens is 326 g/mol. The number of nitrogens with zero attached hydrogens (tertiary/aromatic N) is 1. The molecule has 0 saturated heterocycles. The van der Waals surface area contributed by atoms with E-state index < -0.39 is 16.6 Å². The van der Waals surface area contributed by atoms with Gasteiger partial charge in [-0.1, -0.05) is 12.1 Å². The fourth-order valence-corrected chi connectivity index (χ4v) is 2.54. The SMILES string of the molecule is Cc1cc([C@@](C)(O)CNC(=O)NCc2cccc([N+](=O)[O-])c2)c(C)o1. The molecule has 1 heterocycles. The highest BCUT2D eigenvalue weighted by molar-refractivity contribution is 5.74. The molecule has 0 aliphatic heterocycles. The van der Waals surface area contributed by atoms with Crippen molar-refractivity contribution in [2.45, 2.75) is 32.9 Å². The molecule has 1 atom stereocenters. The average molecular weight is 347 g/mol. The minimum atomic E-state index is -1.27. The summed E-state index contributed by atoms with van der Waals surface area (Å²) < 4.78 is 5.40. The molecule has 8 nitrogen and oxygen atoms in total. The highest BCUT2D eigenvalue weighted by atomic mass is 16.6. The predicted molar refractivity (Wildman–Crippen MR) is 91.1 cm³/mol. The van der Waals surface area contributed by atoms with E-state index in [-0.39, 0.29) is 18.8 Å². The largest absolute Gasteiger partial charge is 0.466 e. The summed E-state index contributed by atoms with van der Waals surface area (Å²) in [4.78, 5) is 22.2. The van der Waals surface area contributed by atoms with Gasteiger partial charge in [-0.05, 0) is 32.4 Å². The summed E-state index contributed by atoms with van der Waals surface area (Å²) in [6.45, 7) is 5.25. The number of hydrogen-bond donors (Lipinski definition) is 3. The Morgan fingerprint density at radius 3 is 2.64 bits per heavy atom. The standard InChI is InChI=1S/C17H21N3O5/c1-11-7-15(12(2)25-11)17(3,22)10-19-16(21)18-9-13-5-4-6-14(8-13)20(23)24/h4-8,22H,9-10H2,1-3H3,(H2,18,19,21)/t17-/m0/s1. The van der Waals surface area contributed by atoms with Crippen molar-refractivity contribution in [3.63, 3.8) is 0 Å². The van der Waals surface area contributed by atoms with Crippen LogP contribution in [-0.2, 0) is 12.1 Å². The van der Waals surface area contributed by atoms with E-state index in [1.807, 2.05) is 0 Å². The van der Waals surface area contributed by atoms with Crippen LogP contribution in [-0.4, -0.2) is 22.6 Å². The molecule has 0 radical (unpaired) electrons. The molecule has 1 aromatic carbocycles. The maximum Gasteiger partial charge on any atom is 0.315 e. The van der Waals surface area contributed by atoms with E-state index in [9.17, 15) is 20.0 Å². The second kappa shape index (κ2) is 7.35. The summed E-state index contributed by atoms with van der Waals surface area (Å²) in [5.41, 5.74) is -0.0834. The van der Waals surface area contributed by atoms with Gasteiger partial charge in [-0.2, -0.15) is 0 Å². The molecule has 3 N–H and O–H groups in total. The Bertz CT molecular complexity index is 782. The maximum absolute atomic E-state index is 11.9. The number of rotatable bonds is 6. The normalized spacial score (nSPS) is 13.1. The van der Waals surface area contributed by atoms with Crippen molar-refractivity contribution in [2.75, 3.05) is 6.54 Å². The number of urea groups is 1. The van der Waals surface area contributed by atoms with Gasteiger partial charge in [-0.15, -0.1) is 0 Å². The first-order chi connectivity index (χ1) is 11.7. The number of non-ortho nitro benzene ring substituents is 1. The zero-order valence-corrected chi connectivity index (χ0v) is 14.3. The Labute approximate surface area is 145 Å². The van der Waals surface area contributed by atoms with Crippen molar-refractivity contribution in [1.29, 1.82) is 0 Å². The van der Waals surface area contributed by atoms with Crippen molar-refractivity contribution < 1.29 is 19.2 Å². The van der Waals surface area contributed by atoms with Crippen molar-refractivity contribution in [1.82, 2.24) is 10.6 Å². The summed E-state index contributed by atoms with van der Waals surface area (Å²) in [7, 11) is 0. The van der Waals surface area contributed by atoms with E-state index in [1.54, 1.807) is 39.0 Å². The van der Waals surface area contributed by atoms with Crippen LogP contribution in [0.15, 0.2) is 34.7 Å². The van der Waals surface area contributed by atoms with E-state index in [4.69, 9.17) is 4.42 Å². The monoisotopic (exact) mass is 347 g/mol. The topological polar surface area (TPSA) is 118 Å². The minimum Gasteiger partial charge on any atom is -0.466 e. The van der Waals surface area contributed by atoms with Crippen LogP contribution in [0, 0.1) is 24.0 Å². The molecule has 0 spiro atoms. The summed E-state index contributed by atoms with van der Waals surface area (Å²) in [6, 6.07) is 7.27. The van der Waals surface area contributed by atoms with E-state index in [0.717, 1.165) is 0 Å². The van der Waals surface area contributed by atoms with Gasteiger partial charge < -0.3 is 20.2 Å². The van der Waals surface area contributed by atoms with E-state index in [0.29, 0.717) is 22.6 Å². The minimum absolute atomic E-state index is 0.00636. The summed E-state index contributed by atoms with van der Waals surface area (Å²) in [6.07, 6.45) is 0. The summed E-state index contributed by atoms with van der Waals surface area (Å²) >= 11 is 0. The molecule has 8 heteroatoms. The number of hydrogen-bond acceptors (Lipinski definition) is 5. The van der Waals surface area contributed by atoms with Crippen molar-refractivity contribution in [2.24, 2.45) is 0 Å². The molecule has 0 saturated carbocycles. The lowest BCUT2D eigenvalue weighted by molar-refractivity contribution is -0.384. The number of nitro groups is 1. The van der Waals surface area contributed by atoms with Gasteiger partial charge in [-0.25, -0.2) is 4.79 Å². The molecule has 0 bridgehead atoms. The fraction of sp³-hybridized carbons (Fsp3) is 0.353. The van der Waals surface area contributed by atoms with Crippen molar-refractivity contribution in [3.8, 4) is 0 Å².